The van der Waals surface area contributed by atoms with Crippen molar-refractivity contribution in [3.63, 3.8) is 0 Å². The van der Waals surface area contributed by atoms with Gasteiger partial charge in [0, 0.05) is 30.6 Å². The molecule has 1 heterocycles. The maximum absolute atomic E-state index is 12.4. The van der Waals surface area contributed by atoms with Crippen LogP contribution in [0.15, 0.2) is 24.3 Å². The third-order valence-electron chi connectivity index (χ3n) is 5.06. The molecule has 5 heteroatoms. The number of anilines is 1. The Kier molecular flexibility index (Phi) is 5.38. The van der Waals surface area contributed by atoms with Gasteiger partial charge in [-0.05, 0) is 56.9 Å². The Morgan fingerprint density at radius 3 is 2.29 bits per heavy atom. The maximum atomic E-state index is 12.4. The average Bonchev–Trinajstić information content (AvgIpc) is 2.55. The Labute approximate surface area is 143 Å². The summed E-state index contributed by atoms with van der Waals surface area (Å²) in [7, 11) is 0. The van der Waals surface area contributed by atoms with Gasteiger partial charge in [-0.2, -0.15) is 0 Å². The first-order valence-corrected chi connectivity index (χ1v) is 9.00. The monoisotopic (exact) mass is 330 g/mol. The number of carbonyl (C=O) groups excluding carboxylic acids is 2. The summed E-state index contributed by atoms with van der Waals surface area (Å²) in [6, 6.07) is 7.44. The summed E-state index contributed by atoms with van der Waals surface area (Å²) in [5.74, 6) is 1.39. The van der Waals surface area contributed by atoms with Crippen LogP contribution in [0.4, 0.5) is 5.69 Å². The second-order valence-corrected chi connectivity index (χ2v) is 6.67. The lowest BCUT2D eigenvalue weighted by Gasteiger charge is -2.36. The molecule has 2 fully saturated rings. The number of rotatable bonds is 5. The third-order valence-corrected chi connectivity index (χ3v) is 5.06. The number of ether oxygens (including phenoxy) is 1. The fraction of sp³-hybridized carbons (Fsp3) is 0.579. The summed E-state index contributed by atoms with van der Waals surface area (Å²) < 4.78 is 5.40. The molecule has 1 aliphatic carbocycles. The number of benzene rings is 1. The first-order chi connectivity index (χ1) is 11.7. The number of piperidine rings is 1. The molecule has 2 aliphatic rings. The van der Waals surface area contributed by atoms with Crippen LogP contribution in [0.1, 0.15) is 39.0 Å². The molecule has 0 bridgehead atoms. The zero-order valence-electron chi connectivity index (χ0n) is 14.3. The van der Waals surface area contributed by atoms with Crippen LogP contribution >= 0.6 is 0 Å². The molecule has 130 valence electrons. The lowest BCUT2D eigenvalue weighted by Crippen LogP contribution is -2.45. The van der Waals surface area contributed by atoms with Gasteiger partial charge >= 0.3 is 0 Å². The van der Waals surface area contributed by atoms with Crippen molar-refractivity contribution < 1.29 is 14.3 Å². The molecule has 1 aromatic carbocycles. The van der Waals surface area contributed by atoms with Crippen LogP contribution in [0, 0.1) is 11.8 Å². The van der Waals surface area contributed by atoms with Crippen LogP contribution in [0.25, 0.3) is 0 Å². The van der Waals surface area contributed by atoms with Crippen molar-refractivity contribution in [2.24, 2.45) is 11.8 Å². The summed E-state index contributed by atoms with van der Waals surface area (Å²) in [6.07, 6.45) is 4.76. The highest BCUT2D eigenvalue weighted by molar-refractivity contribution is 5.92. The first kappa shape index (κ1) is 16.8. The number of nitrogens with one attached hydrogen (secondary N) is 1. The van der Waals surface area contributed by atoms with Crippen molar-refractivity contribution >= 4 is 17.5 Å². The van der Waals surface area contributed by atoms with Crippen molar-refractivity contribution in [2.75, 3.05) is 25.0 Å². The van der Waals surface area contributed by atoms with Crippen LogP contribution in [0.5, 0.6) is 5.75 Å². The molecule has 1 aromatic rings. The molecule has 0 unspecified atom stereocenters. The second kappa shape index (κ2) is 7.69. The fourth-order valence-electron chi connectivity index (χ4n) is 3.32. The molecule has 24 heavy (non-hydrogen) atoms. The molecule has 0 spiro atoms. The molecule has 3 rings (SSSR count). The highest BCUT2D eigenvalue weighted by Crippen LogP contribution is 2.30. The van der Waals surface area contributed by atoms with Crippen molar-refractivity contribution in [3.05, 3.63) is 24.3 Å². The smallest absolute Gasteiger partial charge is 0.227 e. The van der Waals surface area contributed by atoms with E-state index in [0.717, 1.165) is 37.1 Å². The summed E-state index contributed by atoms with van der Waals surface area (Å²) in [6.45, 7) is 3.98. The van der Waals surface area contributed by atoms with E-state index in [2.05, 4.69) is 5.32 Å². The number of carbonyl (C=O) groups is 2. The van der Waals surface area contributed by atoms with Crippen LogP contribution in [0.2, 0.25) is 0 Å². The van der Waals surface area contributed by atoms with Gasteiger partial charge < -0.3 is 15.0 Å². The quantitative estimate of drug-likeness (QED) is 0.902. The molecule has 0 radical (unpaired) electrons. The van der Waals surface area contributed by atoms with E-state index in [1.165, 1.54) is 6.42 Å². The lowest BCUT2D eigenvalue weighted by molar-refractivity contribution is -0.140. The molecular weight excluding hydrogens is 304 g/mol. The maximum Gasteiger partial charge on any atom is 0.227 e. The average molecular weight is 330 g/mol. The Balaban J connectivity index is 1.47. The summed E-state index contributed by atoms with van der Waals surface area (Å²) >= 11 is 0. The van der Waals surface area contributed by atoms with Gasteiger partial charge in [0.1, 0.15) is 5.75 Å². The highest BCUT2D eigenvalue weighted by atomic mass is 16.5. The highest BCUT2D eigenvalue weighted by Gasteiger charge is 2.33. The van der Waals surface area contributed by atoms with Gasteiger partial charge in [0.15, 0.2) is 0 Å². The molecule has 0 atom stereocenters. The zero-order chi connectivity index (χ0) is 16.9. The number of likely N-dealkylation sites (tertiary alicyclic amines) is 1. The third kappa shape index (κ3) is 3.89. The molecule has 1 N–H and O–H groups in total. The van der Waals surface area contributed by atoms with Gasteiger partial charge in [-0.3, -0.25) is 9.59 Å². The number of hydrogen-bond acceptors (Lipinski definition) is 3. The van der Waals surface area contributed by atoms with E-state index in [1.807, 2.05) is 36.1 Å². The fourth-order valence-corrected chi connectivity index (χ4v) is 3.32. The molecule has 5 nitrogen and oxygen atoms in total. The van der Waals surface area contributed by atoms with Gasteiger partial charge in [-0.15, -0.1) is 0 Å². The predicted molar refractivity (Wildman–Crippen MR) is 92.9 cm³/mol. The minimum Gasteiger partial charge on any atom is -0.494 e. The topological polar surface area (TPSA) is 58.6 Å². The summed E-state index contributed by atoms with van der Waals surface area (Å²) in [5.41, 5.74) is 0.788. The van der Waals surface area contributed by atoms with E-state index in [4.69, 9.17) is 4.74 Å². The van der Waals surface area contributed by atoms with E-state index in [0.29, 0.717) is 25.6 Å². The summed E-state index contributed by atoms with van der Waals surface area (Å²) in [4.78, 5) is 26.6. The zero-order valence-corrected chi connectivity index (χ0v) is 14.3. The van der Waals surface area contributed by atoms with Crippen LogP contribution in [-0.4, -0.2) is 36.4 Å². The Hall–Kier alpha value is -2.04. The molecule has 2 amide bonds. The number of amides is 2. The van der Waals surface area contributed by atoms with Crippen molar-refractivity contribution in [1.29, 1.82) is 0 Å². The van der Waals surface area contributed by atoms with Crippen LogP contribution < -0.4 is 10.1 Å². The van der Waals surface area contributed by atoms with Gasteiger partial charge in [0.25, 0.3) is 0 Å². The van der Waals surface area contributed by atoms with Crippen LogP contribution in [-0.2, 0) is 9.59 Å². The molecule has 1 saturated carbocycles. The number of nitrogens with zero attached hydrogens (tertiary/aromatic N) is 1. The Bertz CT molecular complexity index is 573. The Morgan fingerprint density at radius 1 is 1.08 bits per heavy atom. The van der Waals surface area contributed by atoms with Crippen molar-refractivity contribution in [1.82, 2.24) is 4.90 Å². The Morgan fingerprint density at radius 2 is 1.75 bits per heavy atom. The van der Waals surface area contributed by atoms with Gasteiger partial charge in [0.2, 0.25) is 11.8 Å². The van der Waals surface area contributed by atoms with E-state index < -0.39 is 0 Å². The summed E-state index contributed by atoms with van der Waals surface area (Å²) in [5, 5.41) is 2.97. The second-order valence-electron chi connectivity index (χ2n) is 6.67. The minimum atomic E-state index is -0.0120. The molecule has 1 aliphatic heterocycles. The molecular formula is C19H26N2O3. The minimum absolute atomic E-state index is 0.0120. The van der Waals surface area contributed by atoms with E-state index in [1.54, 1.807) is 0 Å². The number of hydrogen-bond donors (Lipinski definition) is 1. The van der Waals surface area contributed by atoms with Gasteiger partial charge in [-0.1, -0.05) is 6.42 Å². The van der Waals surface area contributed by atoms with Gasteiger partial charge in [0.05, 0.1) is 6.61 Å². The first-order valence-electron chi connectivity index (χ1n) is 9.00. The standard InChI is InChI=1S/C19H26N2O3/c1-2-24-17-8-6-16(7-9-17)20-18(22)14-10-12-21(13-11-14)19(23)15-4-3-5-15/h6-9,14-15H,2-5,10-13H2,1H3,(H,20,22). The van der Waals surface area contributed by atoms with Crippen molar-refractivity contribution in [3.8, 4) is 5.75 Å². The van der Waals surface area contributed by atoms with Crippen LogP contribution in [0.3, 0.4) is 0 Å². The van der Waals surface area contributed by atoms with Crippen molar-refractivity contribution in [2.45, 2.75) is 39.0 Å². The normalized spacial score (nSPS) is 18.8. The largest absolute Gasteiger partial charge is 0.494 e. The SMILES string of the molecule is CCOc1ccc(NC(=O)C2CCN(C(=O)C3CCC3)CC2)cc1. The van der Waals surface area contributed by atoms with E-state index in [-0.39, 0.29) is 17.7 Å². The molecule has 1 saturated heterocycles. The van der Waals surface area contributed by atoms with E-state index in [9.17, 15) is 9.59 Å². The lowest BCUT2D eigenvalue weighted by atomic mass is 9.83. The predicted octanol–water partition coefficient (Wildman–Crippen LogP) is 3.06. The molecule has 0 aromatic heterocycles. The van der Waals surface area contributed by atoms with E-state index >= 15 is 0 Å². The van der Waals surface area contributed by atoms with Gasteiger partial charge in [-0.25, -0.2) is 0 Å².